The van der Waals surface area contributed by atoms with E-state index in [0.717, 1.165) is 38.4 Å². The van der Waals surface area contributed by atoms with Crippen molar-refractivity contribution in [3.05, 3.63) is 58.1 Å². The topological polar surface area (TPSA) is 50.7 Å². The monoisotopic (exact) mass is 356 g/mol. The van der Waals surface area contributed by atoms with Crippen LogP contribution in [0.25, 0.3) is 10.9 Å². The minimum atomic E-state index is 0.0661. The van der Waals surface area contributed by atoms with Crippen molar-refractivity contribution in [3.63, 3.8) is 0 Å². The van der Waals surface area contributed by atoms with Gasteiger partial charge in [-0.3, -0.25) is 4.98 Å². The highest BCUT2D eigenvalue weighted by molar-refractivity contribution is 9.10. The van der Waals surface area contributed by atoms with E-state index in [1.807, 2.05) is 50.2 Å². The lowest BCUT2D eigenvalue weighted by molar-refractivity contribution is 0.823. The van der Waals surface area contributed by atoms with Crippen molar-refractivity contribution in [1.29, 1.82) is 0 Å². The van der Waals surface area contributed by atoms with E-state index in [4.69, 9.17) is 0 Å². The van der Waals surface area contributed by atoms with Crippen molar-refractivity contribution in [3.8, 4) is 0 Å². The summed E-state index contributed by atoms with van der Waals surface area (Å²) in [6.45, 7) is 5.99. The number of aryl methyl sites for hydroxylation is 2. The van der Waals surface area contributed by atoms with Crippen LogP contribution in [-0.4, -0.2) is 15.0 Å². The Morgan fingerprint density at radius 3 is 2.64 bits per heavy atom. The molecule has 0 saturated heterocycles. The first kappa shape index (κ1) is 14.9. The van der Waals surface area contributed by atoms with Crippen LogP contribution in [0.3, 0.4) is 0 Å². The van der Waals surface area contributed by atoms with Gasteiger partial charge in [0.1, 0.15) is 11.6 Å². The summed E-state index contributed by atoms with van der Waals surface area (Å²) in [5.74, 6) is 1.58. The molecule has 0 aliphatic rings. The van der Waals surface area contributed by atoms with E-state index in [1.165, 1.54) is 0 Å². The van der Waals surface area contributed by atoms with Gasteiger partial charge in [-0.05, 0) is 51.1 Å². The average Bonchev–Trinajstić information content (AvgIpc) is 2.48. The molecule has 0 spiro atoms. The number of nitrogens with zero attached hydrogens (tertiary/aromatic N) is 3. The van der Waals surface area contributed by atoms with Gasteiger partial charge in [0, 0.05) is 15.6 Å². The molecule has 1 unspecified atom stereocenters. The summed E-state index contributed by atoms with van der Waals surface area (Å²) in [4.78, 5) is 13.6. The summed E-state index contributed by atoms with van der Waals surface area (Å²) in [5.41, 5.74) is 2.94. The first-order valence-electron chi connectivity index (χ1n) is 7.17. The zero-order chi connectivity index (χ0) is 15.7. The fourth-order valence-corrected chi connectivity index (χ4v) is 2.77. The molecule has 0 radical (unpaired) electrons. The van der Waals surface area contributed by atoms with Crippen LogP contribution in [0.4, 0.5) is 5.82 Å². The number of nitrogens with one attached hydrogen (secondary N) is 1. The molecule has 3 aromatic rings. The van der Waals surface area contributed by atoms with Crippen LogP contribution >= 0.6 is 15.9 Å². The third-order valence-corrected chi connectivity index (χ3v) is 3.97. The van der Waals surface area contributed by atoms with Gasteiger partial charge in [0.05, 0.1) is 17.3 Å². The average molecular weight is 357 g/mol. The van der Waals surface area contributed by atoms with Crippen LogP contribution in [0.2, 0.25) is 0 Å². The van der Waals surface area contributed by atoms with Crippen molar-refractivity contribution in [2.75, 3.05) is 5.32 Å². The maximum Gasteiger partial charge on any atom is 0.138 e. The largest absolute Gasteiger partial charge is 0.361 e. The molecule has 0 amide bonds. The van der Waals surface area contributed by atoms with E-state index < -0.39 is 0 Å². The van der Waals surface area contributed by atoms with Crippen molar-refractivity contribution in [2.45, 2.75) is 26.8 Å². The van der Waals surface area contributed by atoms with Crippen LogP contribution < -0.4 is 5.32 Å². The number of aromatic nitrogens is 3. The Kier molecular flexibility index (Phi) is 4.07. The molecule has 1 N–H and O–H groups in total. The van der Waals surface area contributed by atoms with E-state index in [9.17, 15) is 0 Å². The SMILES string of the molecule is Cc1cccc(C(C)Nc2nc(C)nc3ccc(Br)cc23)n1. The Morgan fingerprint density at radius 1 is 1.05 bits per heavy atom. The molecule has 1 atom stereocenters. The maximum atomic E-state index is 4.57. The van der Waals surface area contributed by atoms with Gasteiger partial charge in [0.2, 0.25) is 0 Å². The molecule has 0 aliphatic carbocycles. The number of halogens is 1. The summed E-state index contributed by atoms with van der Waals surface area (Å²) < 4.78 is 1.01. The maximum absolute atomic E-state index is 4.57. The smallest absolute Gasteiger partial charge is 0.138 e. The number of pyridine rings is 1. The molecule has 1 aromatic carbocycles. The van der Waals surface area contributed by atoms with Gasteiger partial charge in [0.25, 0.3) is 0 Å². The molecule has 2 heterocycles. The normalized spacial score (nSPS) is 12.4. The molecule has 5 heteroatoms. The highest BCUT2D eigenvalue weighted by Gasteiger charge is 2.12. The Morgan fingerprint density at radius 2 is 1.86 bits per heavy atom. The number of hydrogen-bond donors (Lipinski definition) is 1. The molecular formula is C17H17BrN4. The predicted octanol–water partition coefficient (Wildman–Crippen LogP) is 4.58. The molecule has 3 rings (SSSR count). The van der Waals surface area contributed by atoms with E-state index in [2.05, 4.69) is 43.1 Å². The third-order valence-electron chi connectivity index (χ3n) is 3.48. The van der Waals surface area contributed by atoms with E-state index >= 15 is 0 Å². The van der Waals surface area contributed by atoms with E-state index in [-0.39, 0.29) is 6.04 Å². The minimum absolute atomic E-state index is 0.0661. The van der Waals surface area contributed by atoms with Gasteiger partial charge < -0.3 is 5.32 Å². The third kappa shape index (κ3) is 3.09. The second kappa shape index (κ2) is 6.01. The van der Waals surface area contributed by atoms with Crippen molar-refractivity contribution in [2.24, 2.45) is 0 Å². The standard InChI is InChI=1S/C17H17BrN4/c1-10-5-4-6-15(19-10)11(2)20-17-14-9-13(18)7-8-16(14)21-12(3)22-17/h4-9,11H,1-3H3,(H,20,21,22). The lowest BCUT2D eigenvalue weighted by Crippen LogP contribution is -2.11. The van der Waals surface area contributed by atoms with Crippen molar-refractivity contribution in [1.82, 2.24) is 15.0 Å². The van der Waals surface area contributed by atoms with Crippen LogP contribution in [0, 0.1) is 13.8 Å². The van der Waals surface area contributed by atoms with Crippen LogP contribution in [-0.2, 0) is 0 Å². The van der Waals surface area contributed by atoms with Gasteiger partial charge in [-0.15, -0.1) is 0 Å². The lowest BCUT2D eigenvalue weighted by atomic mass is 10.1. The molecule has 112 valence electrons. The summed E-state index contributed by atoms with van der Waals surface area (Å²) in [6.07, 6.45) is 0. The quantitative estimate of drug-likeness (QED) is 0.746. The highest BCUT2D eigenvalue weighted by Crippen LogP contribution is 2.27. The molecular weight excluding hydrogens is 340 g/mol. The van der Waals surface area contributed by atoms with Gasteiger partial charge in [-0.25, -0.2) is 9.97 Å². The fourth-order valence-electron chi connectivity index (χ4n) is 2.41. The zero-order valence-corrected chi connectivity index (χ0v) is 14.3. The number of fused-ring (bicyclic) bond motifs is 1. The van der Waals surface area contributed by atoms with Gasteiger partial charge in [0.15, 0.2) is 0 Å². The molecule has 0 aliphatic heterocycles. The first-order valence-corrected chi connectivity index (χ1v) is 7.96. The first-order chi connectivity index (χ1) is 10.5. The Bertz CT molecular complexity index is 832. The molecule has 4 nitrogen and oxygen atoms in total. The summed E-state index contributed by atoms with van der Waals surface area (Å²) in [7, 11) is 0. The zero-order valence-electron chi connectivity index (χ0n) is 12.8. The summed E-state index contributed by atoms with van der Waals surface area (Å²) >= 11 is 3.51. The van der Waals surface area contributed by atoms with Crippen LogP contribution in [0.15, 0.2) is 40.9 Å². The second-order valence-electron chi connectivity index (χ2n) is 5.35. The Balaban J connectivity index is 2.01. The summed E-state index contributed by atoms with van der Waals surface area (Å²) in [6, 6.07) is 12.1. The van der Waals surface area contributed by atoms with E-state index in [0.29, 0.717) is 0 Å². The number of hydrogen-bond acceptors (Lipinski definition) is 4. The lowest BCUT2D eigenvalue weighted by Gasteiger charge is -2.16. The van der Waals surface area contributed by atoms with Crippen molar-refractivity contribution < 1.29 is 0 Å². The van der Waals surface area contributed by atoms with Gasteiger partial charge >= 0.3 is 0 Å². The molecule has 0 bridgehead atoms. The number of rotatable bonds is 3. The number of anilines is 1. The van der Waals surface area contributed by atoms with Crippen LogP contribution in [0.1, 0.15) is 30.2 Å². The molecule has 0 saturated carbocycles. The Hall–Kier alpha value is -2.01. The summed E-state index contributed by atoms with van der Waals surface area (Å²) in [5, 5.41) is 4.46. The predicted molar refractivity (Wildman–Crippen MR) is 93.0 cm³/mol. The second-order valence-corrected chi connectivity index (χ2v) is 6.27. The molecule has 2 aromatic heterocycles. The van der Waals surface area contributed by atoms with Crippen LogP contribution in [0.5, 0.6) is 0 Å². The minimum Gasteiger partial charge on any atom is -0.361 e. The Labute approximate surface area is 138 Å². The van der Waals surface area contributed by atoms with Gasteiger partial charge in [-0.2, -0.15) is 0 Å². The van der Waals surface area contributed by atoms with Crippen molar-refractivity contribution >= 4 is 32.7 Å². The molecule has 0 fully saturated rings. The van der Waals surface area contributed by atoms with Gasteiger partial charge in [-0.1, -0.05) is 22.0 Å². The number of benzene rings is 1. The van der Waals surface area contributed by atoms with E-state index in [1.54, 1.807) is 0 Å². The molecule has 22 heavy (non-hydrogen) atoms. The highest BCUT2D eigenvalue weighted by atomic mass is 79.9. The fraction of sp³-hybridized carbons (Fsp3) is 0.235.